The highest BCUT2D eigenvalue weighted by atomic mass is 32.2. The molecule has 1 fully saturated rings. The molecule has 1 unspecified atom stereocenters. The van der Waals surface area contributed by atoms with Gasteiger partial charge in [0.05, 0.1) is 12.5 Å². The number of nitrogens with zero attached hydrogens (tertiary/aromatic N) is 1. The number of piperidine rings is 1. The van der Waals surface area contributed by atoms with Crippen LogP contribution >= 0.6 is 23.5 Å². The van der Waals surface area contributed by atoms with Crippen molar-refractivity contribution >= 4 is 35.4 Å². The van der Waals surface area contributed by atoms with Crippen molar-refractivity contribution in [2.45, 2.75) is 48.5 Å². The van der Waals surface area contributed by atoms with E-state index in [1.807, 2.05) is 41.3 Å². The van der Waals surface area contributed by atoms with Crippen LogP contribution in [-0.4, -0.2) is 56.5 Å². The first-order valence-corrected chi connectivity index (χ1v) is 11.3. The van der Waals surface area contributed by atoms with Gasteiger partial charge in [-0.3, -0.25) is 9.59 Å². The van der Waals surface area contributed by atoms with Gasteiger partial charge in [0.2, 0.25) is 5.91 Å². The zero-order valence-electron chi connectivity index (χ0n) is 15.3. The Morgan fingerprint density at radius 1 is 1.30 bits per heavy atom. The van der Waals surface area contributed by atoms with Gasteiger partial charge in [0.1, 0.15) is 5.44 Å². The van der Waals surface area contributed by atoms with Gasteiger partial charge in [-0.15, -0.1) is 0 Å². The van der Waals surface area contributed by atoms with E-state index in [2.05, 4.69) is 0 Å². The standard InChI is InChI=1S/C20H27NO4S2/c22-18-9-4-6-16(21(18)13-5-14-26-15-12-19(23)24)10-11-20(25)27-17-7-2-1-3-8-17/h1-3,7-8,10-11,16,20,25H,4-6,9,12-15H2,(H,23,24)/b11-10+/t16-,20?/m1/s1. The number of thioether (sulfide) groups is 2. The summed E-state index contributed by atoms with van der Waals surface area (Å²) in [6.45, 7) is 0.676. The summed E-state index contributed by atoms with van der Waals surface area (Å²) in [6, 6.07) is 9.77. The molecule has 1 heterocycles. The van der Waals surface area contributed by atoms with Crippen LogP contribution in [0.5, 0.6) is 0 Å². The topological polar surface area (TPSA) is 77.8 Å². The van der Waals surface area contributed by atoms with E-state index in [4.69, 9.17) is 5.11 Å². The molecule has 1 aromatic rings. The summed E-state index contributed by atoms with van der Waals surface area (Å²) in [6.07, 6.45) is 7.12. The fourth-order valence-corrected chi connectivity index (χ4v) is 4.56. The molecule has 0 aromatic heterocycles. The monoisotopic (exact) mass is 409 g/mol. The van der Waals surface area contributed by atoms with Crippen LogP contribution in [0.25, 0.3) is 0 Å². The summed E-state index contributed by atoms with van der Waals surface area (Å²) >= 11 is 2.99. The quantitative estimate of drug-likeness (QED) is 0.251. The molecule has 1 aromatic carbocycles. The molecule has 7 heteroatoms. The first-order valence-electron chi connectivity index (χ1n) is 9.23. The molecule has 1 aliphatic rings. The number of carboxylic acids is 1. The Balaban J connectivity index is 1.79. The van der Waals surface area contributed by atoms with Crippen LogP contribution in [0.3, 0.4) is 0 Å². The number of likely N-dealkylation sites (tertiary alicyclic amines) is 1. The van der Waals surface area contributed by atoms with Crippen LogP contribution in [0.1, 0.15) is 32.1 Å². The van der Waals surface area contributed by atoms with E-state index in [0.29, 0.717) is 18.7 Å². The number of benzene rings is 1. The van der Waals surface area contributed by atoms with Crippen molar-refractivity contribution in [2.24, 2.45) is 0 Å². The Hall–Kier alpha value is -1.44. The number of aliphatic carboxylic acids is 1. The summed E-state index contributed by atoms with van der Waals surface area (Å²) in [5, 5.41) is 18.9. The highest BCUT2D eigenvalue weighted by Gasteiger charge is 2.25. The molecule has 27 heavy (non-hydrogen) atoms. The predicted molar refractivity (Wildman–Crippen MR) is 111 cm³/mol. The number of carbonyl (C=O) groups is 2. The Labute approximate surface area is 169 Å². The van der Waals surface area contributed by atoms with Crippen LogP contribution < -0.4 is 0 Å². The first-order chi connectivity index (χ1) is 13.1. The molecule has 0 radical (unpaired) electrons. The van der Waals surface area contributed by atoms with Crippen molar-refractivity contribution in [2.75, 3.05) is 18.1 Å². The smallest absolute Gasteiger partial charge is 0.304 e. The van der Waals surface area contributed by atoms with Gasteiger partial charge in [-0.25, -0.2) is 0 Å². The second-order valence-corrected chi connectivity index (χ2v) is 8.78. The van der Waals surface area contributed by atoms with Crippen molar-refractivity contribution in [1.29, 1.82) is 0 Å². The number of aliphatic hydroxyl groups excluding tert-OH is 1. The van der Waals surface area contributed by atoms with Crippen LogP contribution in [0.4, 0.5) is 0 Å². The van der Waals surface area contributed by atoms with E-state index in [0.717, 1.165) is 29.9 Å². The maximum Gasteiger partial charge on any atom is 0.304 e. The molecule has 0 spiro atoms. The van der Waals surface area contributed by atoms with Gasteiger partial charge < -0.3 is 15.1 Å². The Morgan fingerprint density at radius 3 is 2.81 bits per heavy atom. The maximum absolute atomic E-state index is 12.3. The Kier molecular flexibility index (Phi) is 9.80. The minimum Gasteiger partial charge on any atom is -0.481 e. The van der Waals surface area contributed by atoms with Gasteiger partial charge >= 0.3 is 5.97 Å². The van der Waals surface area contributed by atoms with Gasteiger partial charge in [0.25, 0.3) is 0 Å². The van der Waals surface area contributed by atoms with Crippen molar-refractivity contribution in [1.82, 2.24) is 4.90 Å². The lowest BCUT2D eigenvalue weighted by Gasteiger charge is -2.34. The fraction of sp³-hybridized carbons (Fsp3) is 0.500. The molecule has 1 saturated heterocycles. The molecule has 0 bridgehead atoms. The minimum absolute atomic E-state index is 0.0290. The number of rotatable bonds is 11. The summed E-state index contributed by atoms with van der Waals surface area (Å²) in [5.74, 6) is 0.845. The lowest BCUT2D eigenvalue weighted by molar-refractivity contribution is -0.136. The highest BCUT2D eigenvalue weighted by Crippen LogP contribution is 2.24. The van der Waals surface area contributed by atoms with Gasteiger partial charge in [-0.1, -0.05) is 36.0 Å². The molecule has 0 saturated carbocycles. The third-order valence-corrected chi connectivity index (χ3v) is 6.27. The van der Waals surface area contributed by atoms with Gasteiger partial charge in [-0.05, 0) is 43.2 Å². The Bertz CT molecular complexity index is 624. The number of hydrogen-bond donors (Lipinski definition) is 2. The van der Waals surface area contributed by atoms with Crippen molar-refractivity contribution in [3.8, 4) is 0 Å². The highest BCUT2D eigenvalue weighted by molar-refractivity contribution is 8.00. The largest absolute Gasteiger partial charge is 0.481 e. The van der Waals surface area contributed by atoms with E-state index in [9.17, 15) is 14.7 Å². The molecule has 2 N–H and O–H groups in total. The zero-order chi connectivity index (χ0) is 19.5. The molecule has 5 nitrogen and oxygen atoms in total. The number of carboxylic acid groups (broad SMARTS) is 1. The molecule has 1 aliphatic heterocycles. The zero-order valence-corrected chi connectivity index (χ0v) is 17.0. The molecule has 148 valence electrons. The van der Waals surface area contributed by atoms with Crippen molar-refractivity contribution in [3.63, 3.8) is 0 Å². The molecule has 2 atom stereocenters. The average molecular weight is 410 g/mol. The van der Waals surface area contributed by atoms with E-state index in [1.54, 1.807) is 17.8 Å². The fourth-order valence-electron chi connectivity index (χ4n) is 2.94. The van der Waals surface area contributed by atoms with Crippen molar-refractivity contribution < 1.29 is 19.8 Å². The molecular weight excluding hydrogens is 382 g/mol. The van der Waals surface area contributed by atoms with Crippen LogP contribution in [0, 0.1) is 0 Å². The van der Waals surface area contributed by atoms with Gasteiger partial charge in [-0.2, -0.15) is 11.8 Å². The van der Waals surface area contributed by atoms with E-state index in [1.165, 1.54) is 11.8 Å². The SMILES string of the molecule is O=C(O)CCSCCCN1C(=O)CCC[C@@H]1/C=C/C(O)Sc1ccccc1. The van der Waals surface area contributed by atoms with Crippen LogP contribution in [0.15, 0.2) is 47.4 Å². The summed E-state index contributed by atoms with van der Waals surface area (Å²) in [4.78, 5) is 25.7. The van der Waals surface area contributed by atoms with Crippen LogP contribution in [-0.2, 0) is 9.59 Å². The number of carbonyl (C=O) groups excluding carboxylic acids is 1. The summed E-state index contributed by atoms with van der Waals surface area (Å²) in [7, 11) is 0. The minimum atomic E-state index is -0.772. The number of amides is 1. The van der Waals surface area contributed by atoms with Crippen LogP contribution in [0.2, 0.25) is 0 Å². The molecule has 0 aliphatic carbocycles. The van der Waals surface area contributed by atoms with Gasteiger partial charge in [0, 0.05) is 23.6 Å². The normalized spacial score (nSPS) is 18.8. The third kappa shape index (κ3) is 8.41. The first kappa shape index (κ1) is 21.9. The summed E-state index contributed by atoms with van der Waals surface area (Å²) in [5.41, 5.74) is -0.641. The average Bonchev–Trinajstić information content (AvgIpc) is 2.65. The number of aliphatic hydroxyl groups is 1. The van der Waals surface area contributed by atoms with Crippen molar-refractivity contribution in [3.05, 3.63) is 42.5 Å². The molecular formula is C20H27NO4S2. The second-order valence-electron chi connectivity index (χ2n) is 6.36. The van der Waals surface area contributed by atoms with E-state index >= 15 is 0 Å². The van der Waals surface area contributed by atoms with E-state index in [-0.39, 0.29) is 18.4 Å². The second kappa shape index (κ2) is 12.1. The maximum atomic E-state index is 12.3. The molecule has 1 amide bonds. The Morgan fingerprint density at radius 2 is 2.07 bits per heavy atom. The molecule has 2 rings (SSSR count). The van der Waals surface area contributed by atoms with Gasteiger partial charge in [0.15, 0.2) is 0 Å². The summed E-state index contributed by atoms with van der Waals surface area (Å²) < 4.78 is 0. The predicted octanol–water partition coefficient (Wildman–Crippen LogP) is 3.63. The lowest BCUT2D eigenvalue weighted by atomic mass is 10.0. The lowest BCUT2D eigenvalue weighted by Crippen LogP contribution is -2.43. The number of hydrogen-bond acceptors (Lipinski definition) is 5. The third-order valence-electron chi connectivity index (χ3n) is 4.26. The van der Waals surface area contributed by atoms with E-state index < -0.39 is 11.4 Å².